The van der Waals surface area contributed by atoms with E-state index in [1.54, 1.807) is 10.8 Å². The van der Waals surface area contributed by atoms with Crippen LogP contribution >= 0.6 is 32.9 Å². The zero-order valence-electron chi connectivity index (χ0n) is 14.0. The predicted molar refractivity (Wildman–Crippen MR) is 99.5 cm³/mol. The van der Waals surface area contributed by atoms with Gasteiger partial charge in [-0.15, -0.1) is 11.3 Å². The molecule has 0 atom stereocenters. The van der Waals surface area contributed by atoms with Gasteiger partial charge in [-0.25, -0.2) is 4.79 Å². The molecule has 2 rings (SSSR count). The summed E-state index contributed by atoms with van der Waals surface area (Å²) in [7, 11) is 3.13. The normalized spacial score (nSPS) is 13.4. The number of carbonyl (C=O) groups excluding carboxylic acids is 1. The van der Waals surface area contributed by atoms with Crippen LogP contribution in [0.4, 0.5) is 13.2 Å². The van der Waals surface area contributed by atoms with Crippen molar-refractivity contribution in [2.45, 2.75) is 31.4 Å². The Bertz CT molecular complexity index is 647. The van der Waals surface area contributed by atoms with E-state index in [1.807, 2.05) is 6.07 Å². The average Bonchev–Trinajstić information content (AvgIpc) is 3.30. The summed E-state index contributed by atoms with van der Waals surface area (Å²) >= 11 is 1.51. The molecule has 1 aliphatic rings. The number of halogens is 3. The first-order valence-electron chi connectivity index (χ1n) is 7.74. The lowest BCUT2D eigenvalue weighted by Gasteiger charge is -2.02. The molecule has 1 saturated carbocycles. The van der Waals surface area contributed by atoms with E-state index in [4.69, 9.17) is 15.0 Å². The second-order valence-corrected chi connectivity index (χ2v) is 8.98. The van der Waals surface area contributed by atoms with Crippen molar-refractivity contribution in [1.29, 1.82) is 0 Å². The molecule has 1 fully saturated rings. The van der Waals surface area contributed by atoms with E-state index in [-0.39, 0.29) is 12.3 Å². The summed E-state index contributed by atoms with van der Waals surface area (Å²) in [4.78, 5) is 31.9. The van der Waals surface area contributed by atoms with Gasteiger partial charge in [-0.05, 0) is 35.8 Å². The molecule has 0 aliphatic heterocycles. The highest BCUT2D eigenvalue weighted by Gasteiger charge is 2.38. The van der Waals surface area contributed by atoms with Crippen molar-refractivity contribution in [3.05, 3.63) is 21.9 Å². The number of amides is 1. The second-order valence-electron chi connectivity index (χ2n) is 5.37. The molecule has 0 saturated heterocycles. The first-order valence-corrected chi connectivity index (χ1v) is 11.1. The van der Waals surface area contributed by atoms with Gasteiger partial charge in [-0.3, -0.25) is 9.59 Å². The summed E-state index contributed by atoms with van der Waals surface area (Å²) in [6.07, 6.45) is -2.40. The Kier molecular flexibility index (Phi) is 10.0. The molecule has 1 aliphatic carbocycles. The maximum Gasteiger partial charge on any atom is 0.490 e. The molecule has 1 aromatic heterocycles. The van der Waals surface area contributed by atoms with E-state index in [0.29, 0.717) is 18.2 Å². The fraction of sp³-hybridized carbons (Fsp3) is 0.533. The third-order valence-electron chi connectivity index (χ3n) is 3.09. The molecule has 1 heterocycles. The summed E-state index contributed by atoms with van der Waals surface area (Å²) < 4.78 is 31.7. The molecule has 27 heavy (non-hydrogen) atoms. The van der Waals surface area contributed by atoms with Crippen molar-refractivity contribution in [1.82, 2.24) is 5.32 Å². The summed E-state index contributed by atoms with van der Waals surface area (Å²) in [5.74, 6) is -1.45. The largest absolute Gasteiger partial charge is 0.490 e. The summed E-state index contributed by atoms with van der Waals surface area (Å²) in [5, 5.41) is 20.6. The number of carbonyl (C=O) groups is 3. The zero-order chi connectivity index (χ0) is 20.4. The van der Waals surface area contributed by atoms with Gasteiger partial charge in [-0.2, -0.15) is 13.2 Å². The molecule has 1 aromatic rings. The Hall–Kier alpha value is -1.40. The van der Waals surface area contributed by atoms with Crippen LogP contribution in [0.1, 0.15) is 40.4 Å². The minimum absolute atomic E-state index is 0.00182. The lowest BCUT2D eigenvalue weighted by molar-refractivity contribution is -0.192. The van der Waals surface area contributed by atoms with E-state index < -0.39 is 18.1 Å². The molecule has 6 nitrogen and oxygen atoms in total. The highest BCUT2D eigenvalue weighted by molar-refractivity contribution is 8.76. The molecule has 0 spiro atoms. The van der Waals surface area contributed by atoms with Crippen LogP contribution in [-0.2, 0) is 9.59 Å². The third kappa shape index (κ3) is 10.5. The van der Waals surface area contributed by atoms with Crippen LogP contribution in [0.2, 0.25) is 0 Å². The number of aliphatic carboxylic acids is 2. The number of carboxylic acid groups (broad SMARTS) is 2. The second kappa shape index (κ2) is 11.4. The van der Waals surface area contributed by atoms with Crippen molar-refractivity contribution in [2.24, 2.45) is 0 Å². The molecule has 0 unspecified atom stereocenters. The maximum atomic E-state index is 11.9. The Morgan fingerprint density at radius 2 is 1.78 bits per heavy atom. The molecule has 12 heteroatoms. The van der Waals surface area contributed by atoms with E-state index in [1.165, 1.54) is 40.5 Å². The summed E-state index contributed by atoms with van der Waals surface area (Å²) in [6.45, 7) is 0.611. The van der Waals surface area contributed by atoms with Gasteiger partial charge in [0, 0.05) is 18.1 Å². The molecule has 0 aromatic carbocycles. The first-order chi connectivity index (χ1) is 12.6. The van der Waals surface area contributed by atoms with Gasteiger partial charge >= 0.3 is 18.1 Å². The summed E-state index contributed by atoms with van der Waals surface area (Å²) in [5.41, 5.74) is 1.30. The number of carboxylic acids is 2. The Morgan fingerprint density at radius 3 is 2.30 bits per heavy atom. The maximum absolute atomic E-state index is 11.9. The van der Waals surface area contributed by atoms with Crippen LogP contribution in [0.15, 0.2) is 11.4 Å². The highest BCUT2D eigenvalue weighted by atomic mass is 33.1. The topological polar surface area (TPSA) is 104 Å². The smallest absolute Gasteiger partial charge is 0.481 e. The van der Waals surface area contributed by atoms with Gasteiger partial charge in [0.25, 0.3) is 5.91 Å². The van der Waals surface area contributed by atoms with Gasteiger partial charge in [0.2, 0.25) is 0 Å². The van der Waals surface area contributed by atoms with Crippen LogP contribution < -0.4 is 5.32 Å². The minimum Gasteiger partial charge on any atom is -0.481 e. The lowest BCUT2D eigenvalue weighted by atomic mass is 10.2. The third-order valence-corrected chi connectivity index (χ3v) is 6.44. The van der Waals surface area contributed by atoms with Gasteiger partial charge in [0.15, 0.2) is 0 Å². The molecule has 0 radical (unpaired) electrons. The van der Waals surface area contributed by atoms with E-state index in [0.717, 1.165) is 10.6 Å². The Labute approximate surface area is 165 Å². The van der Waals surface area contributed by atoms with Crippen LogP contribution in [0, 0.1) is 0 Å². The standard InChI is InChI=1S/C13H17NO3S3.C2HF3O2/c15-12(16)3-5-19-20-6-4-14-13(17)11-7-10(8-18-11)9-1-2-9;3-2(4,5)1(6)7/h7-9H,1-6H2,(H,14,17)(H,15,16);(H,6,7). The zero-order valence-corrected chi connectivity index (χ0v) is 16.4. The Morgan fingerprint density at radius 1 is 1.19 bits per heavy atom. The fourth-order valence-corrected chi connectivity index (χ4v) is 4.43. The molecule has 1 amide bonds. The van der Waals surface area contributed by atoms with Gasteiger partial charge in [0.05, 0.1) is 11.3 Å². The molecular weight excluding hydrogens is 427 g/mol. The van der Waals surface area contributed by atoms with E-state index in [2.05, 4.69) is 10.7 Å². The van der Waals surface area contributed by atoms with Gasteiger partial charge in [0.1, 0.15) is 0 Å². The van der Waals surface area contributed by atoms with Crippen molar-refractivity contribution < 1.29 is 37.8 Å². The van der Waals surface area contributed by atoms with Crippen LogP contribution in [0.3, 0.4) is 0 Å². The van der Waals surface area contributed by atoms with Gasteiger partial charge in [-0.1, -0.05) is 21.6 Å². The molecule has 152 valence electrons. The van der Waals surface area contributed by atoms with Crippen molar-refractivity contribution in [3.8, 4) is 0 Å². The van der Waals surface area contributed by atoms with Crippen molar-refractivity contribution in [3.63, 3.8) is 0 Å². The number of alkyl halides is 3. The number of rotatable bonds is 9. The van der Waals surface area contributed by atoms with Gasteiger partial charge < -0.3 is 15.5 Å². The molecular formula is C15H18F3NO5S3. The first kappa shape index (κ1) is 23.6. The SMILES string of the molecule is O=C(O)C(F)(F)F.O=C(O)CCSSCCNC(=O)c1cc(C2CC2)cs1. The van der Waals surface area contributed by atoms with Crippen molar-refractivity contribution >= 4 is 50.8 Å². The number of hydrogen-bond acceptors (Lipinski definition) is 6. The average molecular weight is 446 g/mol. The number of hydrogen-bond donors (Lipinski definition) is 3. The van der Waals surface area contributed by atoms with E-state index in [9.17, 15) is 22.8 Å². The number of thiophene rings is 1. The molecule has 3 N–H and O–H groups in total. The van der Waals surface area contributed by atoms with Crippen LogP contribution in [0.5, 0.6) is 0 Å². The van der Waals surface area contributed by atoms with Crippen molar-refractivity contribution in [2.75, 3.05) is 18.1 Å². The Balaban J connectivity index is 0.000000445. The summed E-state index contributed by atoms with van der Waals surface area (Å²) in [6, 6.07) is 2.01. The molecule has 0 bridgehead atoms. The fourth-order valence-electron chi connectivity index (χ4n) is 1.64. The van der Waals surface area contributed by atoms with E-state index >= 15 is 0 Å². The highest BCUT2D eigenvalue weighted by Crippen LogP contribution is 2.41. The van der Waals surface area contributed by atoms with Crippen LogP contribution in [0.25, 0.3) is 0 Å². The monoisotopic (exact) mass is 445 g/mol. The van der Waals surface area contributed by atoms with Crippen LogP contribution in [-0.4, -0.2) is 52.3 Å². The lowest BCUT2D eigenvalue weighted by Crippen LogP contribution is -2.24. The minimum atomic E-state index is -5.08. The number of nitrogens with one attached hydrogen (secondary N) is 1. The quantitative estimate of drug-likeness (QED) is 0.392. The predicted octanol–water partition coefficient (Wildman–Crippen LogP) is 3.84.